The van der Waals surface area contributed by atoms with Crippen LogP contribution in [0.1, 0.15) is 37.7 Å². The highest BCUT2D eigenvalue weighted by molar-refractivity contribution is 9.11. The van der Waals surface area contributed by atoms with Gasteiger partial charge in [-0.25, -0.2) is 0 Å². The van der Waals surface area contributed by atoms with Gasteiger partial charge >= 0.3 is 0 Å². The number of hydrogen-bond acceptors (Lipinski definition) is 6. The summed E-state index contributed by atoms with van der Waals surface area (Å²) in [4.78, 5) is 16.2. The first kappa shape index (κ1) is 26.2. The van der Waals surface area contributed by atoms with Crippen molar-refractivity contribution in [2.45, 2.75) is 38.5 Å². The smallest absolute Gasteiger partial charge is 0.269 e. The zero-order valence-corrected chi connectivity index (χ0v) is 20.0. The summed E-state index contributed by atoms with van der Waals surface area (Å²) in [7, 11) is 0. The van der Waals surface area contributed by atoms with Crippen molar-refractivity contribution < 1.29 is 14.7 Å². The molecule has 0 aliphatic carbocycles. The van der Waals surface area contributed by atoms with E-state index >= 15 is 0 Å². The highest BCUT2D eigenvalue weighted by atomic mass is 79.9. The largest absolute Gasteiger partial charge is 0.491 e. The fourth-order valence-electron chi connectivity index (χ4n) is 2.57. The van der Waals surface area contributed by atoms with Gasteiger partial charge in [-0.2, -0.15) is 0 Å². The molecule has 168 valence electrons. The minimum atomic E-state index is -0.395. The lowest BCUT2D eigenvalue weighted by Crippen LogP contribution is -2.33. The third-order valence-corrected chi connectivity index (χ3v) is 5.25. The van der Waals surface area contributed by atoms with Gasteiger partial charge in [0.15, 0.2) is 5.96 Å². The Morgan fingerprint density at radius 1 is 1.10 bits per heavy atom. The molecule has 0 unspecified atom stereocenters. The molecule has 0 heterocycles. The van der Waals surface area contributed by atoms with Crippen LogP contribution in [0.5, 0.6) is 5.75 Å². The molecule has 9 nitrogen and oxygen atoms in total. The van der Waals surface area contributed by atoms with Crippen LogP contribution in [0.25, 0.3) is 0 Å². The Labute approximate surface area is 193 Å². The molecule has 30 heavy (non-hydrogen) atoms. The molecule has 0 bridgehead atoms. The zero-order chi connectivity index (χ0) is 22.4. The molecule has 0 atom stereocenters. The number of amides is 1. The first-order chi connectivity index (χ1) is 14.4. The summed E-state index contributed by atoms with van der Waals surface area (Å²) in [5.41, 5.74) is 16.8. The summed E-state index contributed by atoms with van der Waals surface area (Å²) in [5.74, 6) is 0.374. The van der Waals surface area contributed by atoms with Gasteiger partial charge in [0.05, 0.1) is 15.6 Å². The Kier molecular flexibility index (Phi) is 13.1. The molecular weight excluding hydrogens is 520 g/mol. The van der Waals surface area contributed by atoms with E-state index in [1.165, 1.54) is 0 Å². The molecule has 0 aliphatic heterocycles. The summed E-state index contributed by atoms with van der Waals surface area (Å²) in [6, 6.07) is 3.66. The van der Waals surface area contributed by atoms with E-state index in [0.29, 0.717) is 32.0 Å². The molecule has 8 N–H and O–H groups in total. The molecule has 0 spiro atoms. The number of carbonyl (C=O) groups is 1. The maximum Gasteiger partial charge on any atom is 0.269 e. The van der Waals surface area contributed by atoms with E-state index in [1.54, 1.807) is 0 Å². The number of benzene rings is 1. The van der Waals surface area contributed by atoms with Gasteiger partial charge in [-0.05, 0) is 75.4 Å². The Bertz CT molecular complexity index is 716. The van der Waals surface area contributed by atoms with Crippen LogP contribution in [-0.2, 0) is 11.2 Å². The van der Waals surface area contributed by atoms with Crippen molar-refractivity contribution in [3.05, 3.63) is 26.6 Å². The van der Waals surface area contributed by atoms with Crippen molar-refractivity contribution in [3.8, 4) is 5.75 Å². The maximum absolute atomic E-state index is 12.3. The molecule has 1 aromatic carbocycles. The number of carbonyl (C=O) groups excluding carboxylic acids is 1. The molecule has 0 radical (unpaired) electrons. The highest BCUT2D eigenvalue weighted by Crippen LogP contribution is 2.35. The third-order valence-electron chi connectivity index (χ3n) is 4.07. The lowest BCUT2D eigenvalue weighted by Gasteiger charge is -2.12. The van der Waals surface area contributed by atoms with Gasteiger partial charge in [0.2, 0.25) is 0 Å². The van der Waals surface area contributed by atoms with E-state index < -0.39 is 5.91 Å². The fourth-order valence-corrected chi connectivity index (χ4v) is 4.08. The molecule has 0 aromatic heterocycles. The van der Waals surface area contributed by atoms with Crippen LogP contribution in [0.15, 0.2) is 31.2 Å². The number of aliphatic imine (C=N–C) groups is 1. The minimum Gasteiger partial charge on any atom is -0.491 e. The van der Waals surface area contributed by atoms with Crippen LogP contribution in [0.4, 0.5) is 0 Å². The van der Waals surface area contributed by atoms with Crippen molar-refractivity contribution in [1.82, 2.24) is 5.32 Å². The first-order valence-corrected chi connectivity index (χ1v) is 11.3. The van der Waals surface area contributed by atoms with Crippen LogP contribution in [-0.4, -0.2) is 49.0 Å². The SMILES string of the molecule is NCCCOc1c(Br)cc(C/C(=N\O)C(=O)NCCCCCCN=C(N)N)cc1Br. The van der Waals surface area contributed by atoms with Gasteiger partial charge in [-0.3, -0.25) is 9.79 Å². The second kappa shape index (κ2) is 15.0. The number of oxime groups is 1. The normalized spacial score (nSPS) is 11.2. The van der Waals surface area contributed by atoms with Crippen molar-refractivity contribution in [3.63, 3.8) is 0 Å². The summed E-state index contributed by atoms with van der Waals surface area (Å²) in [6.07, 6.45) is 4.55. The Balaban J connectivity index is 2.47. The van der Waals surface area contributed by atoms with Gasteiger partial charge in [0, 0.05) is 19.5 Å². The average Bonchev–Trinajstić information content (AvgIpc) is 2.69. The van der Waals surface area contributed by atoms with E-state index in [4.69, 9.17) is 21.9 Å². The van der Waals surface area contributed by atoms with Crippen molar-refractivity contribution >= 4 is 49.4 Å². The van der Waals surface area contributed by atoms with Crippen LogP contribution in [0.3, 0.4) is 0 Å². The molecule has 0 aliphatic rings. The van der Waals surface area contributed by atoms with Crippen LogP contribution < -0.4 is 27.3 Å². The lowest BCUT2D eigenvalue weighted by molar-refractivity contribution is -0.115. The molecule has 11 heteroatoms. The second-order valence-corrected chi connectivity index (χ2v) is 8.29. The second-order valence-electron chi connectivity index (χ2n) is 6.58. The zero-order valence-electron chi connectivity index (χ0n) is 16.9. The number of hydrogen-bond donors (Lipinski definition) is 5. The molecule has 1 rings (SSSR count). The van der Waals surface area contributed by atoms with Gasteiger partial charge in [0.1, 0.15) is 11.5 Å². The number of halogens is 2. The van der Waals surface area contributed by atoms with E-state index in [0.717, 1.165) is 46.6 Å². The topological polar surface area (TPSA) is 161 Å². The van der Waals surface area contributed by atoms with Gasteiger partial charge in [-0.1, -0.05) is 18.0 Å². The van der Waals surface area contributed by atoms with Crippen molar-refractivity contribution in [2.75, 3.05) is 26.2 Å². The van der Waals surface area contributed by atoms with Crippen LogP contribution in [0, 0.1) is 0 Å². The van der Waals surface area contributed by atoms with E-state index in [-0.39, 0.29) is 18.1 Å². The standard InChI is InChI=1S/C19H30Br2N6O3/c20-14-10-13(11-15(21)17(14)30-9-5-6-22)12-16(27-29)18(28)25-7-3-1-2-4-8-26-19(23)24/h10-11,29H,1-9,12,22H2,(H,25,28)(H4,23,24,26)/b27-16+. The number of guanidine groups is 1. The minimum absolute atomic E-state index is 0.0401. The van der Waals surface area contributed by atoms with Crippen LogP contribution >= 0.6 is 31.9 Å². The van der Waals surface area contributed by atoms with Gasteiger partial charge < -0.3 is 32.5 Å². The van der Waals surface area contributed by atoms with Gasteiger partial charge in [0.25, 0.3) is 5.91 Å². The average molecular weight is 550 g/mol. The van der Waals surface area contributed by atoms with E-state index in [1.807, 2.05) is 12.1 Å². The summed E-state index contributed by atoms with van der Waals surface area (Å²) in [5, 5.41) is 15.2. The number of nitrogens with one attached hydrogen (secondary N) is 1. The molecular formula is C19H30Br2N6O3. The lowest BCUT2D eigenvalue weighted by atomic mass is 10.1. The molecule has 0 fully saturated rings. The van der Waals surface area contributed by atoms with Crippen molar-refractivity contribution in [2.24, 2.45) is 27.3 Å². The summed E-state index contributed by atoms with van der Waals surface area (Å²) in [6.45, 7) is 2.17. The van der Waals surface area contributed by atoms with E-state index in [2.05, 4.69) is 47.3 Å². The Morgan fingerprint density at radius 2 is 1.77 bits per heavy atom. The third kappa shape index (κ3) is 10.3. The molecule has 1 aromatic rings. The monoisotopic (exact) mass is 548 g/mol. The number of ether oxygens (including phenoxy) is 1. The number of nitrogens with zero attached hydrogens (tertiary/aromatic N) is 2. The Hall–Kier alpha value is -1.85. The highest BCUT2D eigenvalue weighted by Gasteiger charge is 2.15. The summed E-state index contributed by atoms with van der Waals surface area (Å²) < 4.78 is 7.18. The summed E-state index contributed by atoms with van der Waals surface area (Å²) >= 11 is 6.95. The molecule has 0 saturated heterocycles. The van der Waals surface area contributed by atoms with E-state index in [9.17, 15) is 10.0 Å². The fraction of sp³-hybridized carbons (Fsp3) is 0.526. The predicted molar refractivity (Wildman–Crippen MR) is 126 cm³/mol. The van der Waals surface area contributed by atoms with Gasteiger partial charge in [-0.15, -0.1) is 0 Å². The quantitative estimate of drug-likeness (QED) is 0.0785. The molecule has 0 saturated carbocycles. The maximum atomic E-state index is 12.3. The van der Waals surface area contributed by atoms with Crippen LogP contribution in [0.2, 0.25) is 0 Å². The first-order valence-electron chi connectivity index (χ1n) is 9.74. The predicted octanol–water partition coefficient (Wildman–Crippen LogP) is 2.26. The number of rotatable bonds is 14. The number of unbranched alkanes of at least 4 members (excludes halogenated alkanes) is 3. The molecule has 1 amide bonds. The Morgan fingerprint density at radius 3 is 2.37 bits per heavy atom. The number of nitrogens with two attached hydrogens (primary N) is 3. The van der Waals surface area contributed by atoms with Crippen molar-refractivity contribution in [1.29, 1.82) is 0 Å².